The lowest BCUT2D eigenvalue weighted by Crippen LogP contribution is -2.47. The maximum atomic E-state index is 11.3. The highest BCUT2D eigenvalue weighted by molar-refractivity contribution is 7.99. The maximum Gasteiger partial charge on any atom is 0.309 e. The van der Waals surface area contributed by atoms with Gasteiger partial charge in [0.25, 0.3) is 0 Å². The molecule has 2 saturated heterocycles. The Balaban J connectivity index is 2.08. The zero-order valence-electron chi connectivity index (χ0n) is 10.7. The van der Waals surface area contributed by atoms with Gasteiger partial charge in [-0.2, -0.15) is 11.8 Å². The molecule has 0 amide bonds. The zero-order valence-corrected chi connectivity index (χ0v) is 11.5. The summed E-state index contributed by atoms with van der Waals surface area (Å²) in [4.78, 5) is 11.3. The summed E-state index contributed by atoms with van der Waals surface area (Å²) in [6.45, 7) is 4.44. The van der Waals surface area contributed by atoms with Gasteiger partial charge >= 0.3 is 5.97 Å². The minimum Gasteiger partial charge on any atom is -0.481 e. The quantitative estimate of drug-likeness (QED) is 0.827. The largest absolute Gasteiger partial charge is 0.481 e. The fourth-order valence-electron chi connectivity index (χ4n) is 2.91. The topological polar surface area (TPSA) is 46.5 Å². The number of carboxylic acid groups (broad SMARTS) is 1. The molecule has 0 aromatic heterocycles. The van der Waals surface area contributed by atoms with Crippen molar-refractivity contribution < 1.29 is 14.6 Å². The number of thioether (sulfide) groups is 1. The molecule has 2 heterocycles. The van der Waals surface area contributed by atoms with E-state index in [2.05, 4.69) is 0 Å². The molecule has 3 nitrogen and oxygen atoms in total. The van der Waals surface area contributed by atoms with Gasteiger partial charge in [0, 0.05) is 6.61 Å². The van der Waals surface area contributed by atoms with Crippen molar-refractivity contribution in [2.45, 2.75) is 45.1 Å². The molecule has 98 valence electrons. The van der Waals surface area contributed by atoms with Gasteiger partial charge in [-0.15, -0.1) is 0 Å². The van der Waals surface area contributed by atoms with Crippen molar-refractivity contribution in [3.05, 3.63) is 0 Å². The van der Waals surface area contributed by atoms with Crippen LogP contribution in [0.3, 0.4) is 0 Å². The number of rotatable bonds is 2. The van der Waals surface area contributed by atoms with Gasteiger partial charge in [0.2, 0.25) is 0 Å². The lowest BCUT2D eigenvalue weighted by molar-refractivity contribution is -0.160. The van der Waals surface area contributed by atoms with E-state index in [1.54, 1.807) is 0 Å². The van der Waals surface area contributed by atoms with Gasteiger partial charge < -0.3 is 9.84 Å². The first-order valence-corrected chi connectivity index (χ1v) is 7.57. The molecule has 1 unspecified atom stereocenters. The standard InChI is InChI=1S/C13H22O3S/c1-12(2,11(14)15)10-3-6-16-13(9-10)4-7-17-8-5-13/h10H,3-9H2,1-2H3,(H,14,15). The SMILES string of the molecule is CC(C)(C(=O)O)C1CCOC2(CCSCC2)C1. The van der Waals surface area contributed by atoms with Crippen LogP contribution in [0.25, 0.3) is 0 Å². The Labute approximate surface area is 107 Å². The first-order valence-electron chi connectivity index (χ1n) is 6.41. The first kappa shape index (κ1) is 13.2. The molecule has 0 bridgehead atoms. The van der Waals surface area contributed by atoms with Crippen LogP contribution in [0.2, 0.25) is 0 Å². The minimum atomic E-state index is -0.676. The molecule has 0 saturated carbocycles. The predicted octanol–water partition coefficient (Wildman–Crippen LogP) is 2.79. The lowest BCUT2D eigenvalue weighted by atomic mass is 9.69. The van der Waals surface area contributed by atoms with E-state index >= 15 is 0 Å². The number of hydrogen-bond donors (Lipinski definition) is 1. The maximum absolute atomic E-state index is 11.3. The Hall–Kier alpha value is -0.220. The van der Waals surface area contributed by atoms with E-state index in [1.807, 2.05) is 25.6 Å². The van der Waals surface area contributed by atoms with Crippen LogP contribution in [-0.2, 0) is 9.53 Å². The molecular formula is C13H22O3S. The first-order chi connectivity index (χ1) is 7.96. The van der Waals surface area contributed by atoms with E-state index in [0.29, 0.717) is 0 Å². The summed E-state index contributed by atoms with van der Waals surface area (Å²) in [6.07, 6.45) is 3.98. The van der Waals surface area contributed by atoms with Gasteiger partial charge in [0.05, 0.1) is 11.0 Å². The monoisotopic (exact) mass is 258 g/mol. The molecule has 2 rings (SSSR count). The van der Waals surface area contributed by atoms with Gasteiger partial charge in [0.15, 0.2) is 0 Å². The second-order valence-electron chi connectivity index (χ2n) is 5.86. The minimum absolute atomic E-state index is 0.0130. The summed E-state index contributed by atoms with van der Waals surface area (Å²) in [6, 6.07) is 0. The van der Waals surface area contributed by atoms with E-state index in [4.69, 9.17) is 4.74 Å². The molecule has 0 aromatic rings. The molecule has 2 aliphatic heterocycles. The van der Waals surface area contributed by atoms with E-state index in [0.717, 1.165) is 43.8 Å². The predicted molar refractivity (Wildman–Crippen MR) is 69.4 cm³/mol. The van der Waals surface area contributed by atoms with Crippen molar-refractivity contribution in [1.82, 2.24) is 0 Å². The molecule has 0 aromatic carbocycles. The van der Waals surface area contributed by atoms with Crippen molar-refractivity contribution >= 4 is 17.7 Å². The van der Waals surface area contributed by atoms with Crippen molar-refractivity contribution in [3.8, 4) is 0 Å². The highest BCUT2D eigenvalue weighted by atomic mass is 32.2. The lowest BCUT2D eigenvalue weighted by Gasteiger charge is -2.46. The van der Waals surface area contributed by atoms with E-state index in [-0.39, 0.29) is 11.5 Å². The van der Waals surface area contributed by atoms with Gasteiger partial charge in [0.1, 0.15) is 0 Å². The molecule has 1 N–H and O–H groups in total. The summed E-state index contributed by atoms with van der Waals surface area (Å²) in [5.74, 6) is 1.88. The van der Waals surface area contributed by atoms with Crippen molar-refractivity contribution in [2.24, 2.45) is 11.3 Å². The van der Waals surface area contributed by atoms with Gasteiger partial charge in [-0.3, -0.25) is 4.79 Å². The number of carbonyl (C=O) groups is 1. The third-order valence-corrected chi connectivity index (χ3v) is 5.45. The fraction of sp³-hybridized carbons (Fsp3) is 0.923. The Morgan fingerprint density at radius 2 is 2.06 bits per heavy atom. The molecule has 0 aliphatic carbocycles. The van der Waals surface area contributed by atoms with Crippen LogP contribution in [-0.4, -0.2) is 34.8 Å². The van der Waals surface area contributed by atoms with Crippen LogP contribution < -0.4 is 0 Å². The molecular weight excluding hydrogens is 236 g/mol. The fourth-order valence-corrected chi connectivity index (χ4v) is 4.15. The molecule has 1 spiro atoms. The highest BCUT2D eigenvalue weighted by Crippen LogP contribution is 2.45. The van der Waals surface area contributed by atoms with Crippen LogP contribution in [0.15, 0.2) is 0 Å². The van der Waals surface area contributed by atoms with E-state index in [9.17, 15) is 9.90 Å². The van der Waals surface area contributed by atoms with E-state index < -0.39 is 11.4 Å². The summed E-state index contributed by atoms with van der Waals surface area (Å²) in [5, 5.41) is 9.34. The average Bonchev–Trinajstić information content (AvgIpc) is 2.30. The van der Waals surface area contributed by atoms with Crippen molar-refractivity contribution in [2.75, 3.05) is 18.1 Å². The average molecular weight is 258 g/mol. The number of aliphatic carboxylic acids is 1. The number of carboxylic acids is 1. The Morgan fingerprint density at radius 1 is 1.41 bits per heavy atom. The van der Waals surface area contributed by atoms with Crippen LogP contribution in [0, 0.1) is 11.3 Å². The second kappa shape index (κ2) is 4.81. The van der Waals surface area contributed by atoms with Crippen LogP contribution in [0.4, 0.5) is 0 Å². The van der Waals surface area contributed by atoms with Gasteiger partial charge in [-0.05, 0) is 57.0 Å². The smallest absolute Gasteiger partial charge is 0.309 e. The zero-order chi connectivity index (χ0) is 12.5. The summed E-state index contributed by atoms with van der Waals surface area (Å²) in [7, 11) is 0. The number of hydrogen-bond acceptors (Lipinski definition) is 3. The van der Waals surface area contributed by atoms with Gasteiger partial charge in [-0.1, -0.05) is 0 Å². The number of ether oxygens (including phenoxy) is 1. The molecule has 1 atom stereocenters. The molecule has 2 aliphatic rings. The van der Waals surface area contributed by atoms with Crippen LogP contribution in [0.5, 0.6) is 0 Å². The molecule has 17 heavy (non-hydrogen) atoms. The summed E-state index contributed by atoms with van der Waals surface area (Å²) >= 11 is 1.98. The summed E-state index contributed by atoms with van der Waals surface area (Å²) < 4.78 is 6.01. The van der Waals surface area contributed by atoms with Crippen molar-refractivity contribution in [3.63, 3.8) is 0 Å². The third-order valence-electron chi connectivity index (χ3n) is 4.47. The molecule has 4 heteroatoms. The van der Waals surface area contributed by atoms with E-state index in [1.165, 1.54) is 0 Å². The van der Waals surface area contributed by atoms with Gasteiger partial charge in [-0.25, -0.2) is 0 Å². The van der Waals surface area contributed by atoms with Crippen LogP contribution in [0.1, 0.15) is 39.5 Å². The van der Waals surface area contributed by atoms with Crippen LogP contribution >= 0.6 is 11.8 Å². The normalized spacial score (nSPS) is 29.2. The Morgan fingerprint density at radius 3 is 2.65 bits per heavy atom. The Kier molecular flexibility index (Phi) is 3.74. The van der Waals surface area contributed by atoms with Crippen molar-refractivity contribution in [1.29, 1.82) is 0 Å². The molecule has 0 radical (unpaired) electrons. The molecule has 2 fully saturated rings. The summed E-state index contributed by atoms with van der Waals surface area (Å²) in [5.41, 5.74) is -0.637. The second-order valence-corrected chi connectivity index (χ2v) is 7.09. The third kappa shape index (κ3) is 2.63. The Bertz CT molecular complexity index is 290. The highest BCUT2D eigenvalue weighted by Gasteiger charge is 2.46.